The zero-order valence-electron chi connectivity index (χ0n) is 7.21. The largest absolute Gasteiger partial charge is 2.00 e. The van der Waals surface area contributed by atoms with E-state index in [9.17, 15) is 0 Å². The van der Waals surface area contributed by atoms with E-state index in [-0.39, 0.29) is 27.2 Å². The van der Waals surface area contributed by atoms with Crippen LogP contribution in [0.25, 0.3) is 6.15 Å². The average molecular weight is 243 g/mol. The van der Waals surface area contributed by atoms with Gasteiger partial charge >= 0.3 is 21.1 Å². The Morgan fingerprint density at radius 2 is 2.17 bits per heavy atom. The van der Waals surface area contributed by atoms with Gasteiger partial charge in [-0.1, -0.05) is 19.4 Å². The van der Waals surface area contributed by atoms with E-state index in [1.807, 2.05) is 18.2 Å². The number of benzene rings is 1. The van der Waals surface area contributed by atoms with Crippen LogP contribution in [-0.2, 0) is 27.5 Å². The Bertz CT molecular complexity index is 233. The normalized spacial score (nSPS) is 7.75. The van der Waals surface area contributed by atoms with Crippen molar-refractivity contribution >= 4 is 0 Å². The molecule has 0 bridgehead atoms. The third-order valence-electron chi connectivity index (χ3n) is 1.37. The second kappa shape index (κ2) is 7.27. The van der Waals surface area contributed by atoms with Crippen molar-refractivity contribution in [2.45, 2.75) is 13.3 Å². The summed E-state index contributed by atoms with van der Waals surface area (Å²) in [4.78, 5) is 0. The molecule has 0 spiro atoms. The monoisotopic (exact) mass is 245 g/mol. The molecule has 0 aliphatic rings. The van der Waals surface area contributed by atoms with Crippen LogP contribution in [-0.4, -0.2) is 0 Å². The fourth-order valence-electron chi connectivity index (χ4n) is 0.940. The first-order valence-electron chi connectivity index (χ1n) is 3.40. The van der Waals surface area contributed by atoms with E-state index in [1.165, 1.54) is 11.1 Å². The molecule has 0 fully saturated rings. The van der Waals surface area contributed by atoms with Gasteiger partial charge in [-0.2, -0.15) is 35.4 Å². The molecule has 0 aliphatic heterocycles. The Kier molecular flexibility index (Phi) is 8.57. The van der Waals surface area contributed by atoms with Crippen LogP contribution in [0.1, 0.15) is 11.1 Å². The summed E-state index contributed by atoms with van der Waals surface area (Å²) in [6, 6.07) is 9.19. The van der Waals surface area contributed by atoms with Crippen LogP contribution < -0.4 is 0 Å². The van der Waals surface area contributed by atoms with Crippen molar-refractivity contribution in [3.8, 4) is 0 Å². The van der Waals surface area contributed by atoms with E-state index in [2.05, 4.69) is 25.6 Å². The number of allylic oxidation sites excluding steroid dienone is 1. The summed E-state index contributed by atoms with van der Waals surface area (Å²) in [6.45, 7) is 5.74. The number of hydrogen-bond acceptors (Lipinski definition) is 0. The Morgan fingerprint density at radius 3 is 2.67 bits per heavy atom. The maximum absolute atomic E-state index is 3.67. The van der Waals surface area contributed by atoms with Crippen LogP contribution in [0.3, 0.4) is 0 Å². The third-order valence-corrected chi connectivity index (χ3v) is 1.37. The van der Waals surface area contributed by atoms with Gasteiger partial charge in [-0.05, 0) is 0 Å². The molecule has 0 aromatic heterocycles. The minimum Gasteiger partial charge on any atom is -0.693 e. The van der Waals surface area contributed by atoms with Gasteiger partial charge in [0.1, 0.15) is 0 Å². The summed E-state index contributed by atoms with van der Waals surface area (Å²) < 4.78 is 0. The first-order valence-corrected chi connectivity index (χ1v) is 3.40. The molecular weight excluding hydrogens is 230 g/mol. The topological polar surface area (TPSA) is 33.5 Å². The molecule has 0 amide bonds. The van der Waals surface area contributed by atoms with Gasteiger partial charge in [0.2, 0.25) is 0 Å². The van der Waals surface area contributed by atoms with Crippen LogP contribution >= 0.6 is 0 Å². The molecule has 1 rings (SSSR count). The number of hydrogen-bond donors (Lipinski definition) is 0. The molecule has 2 N–H and O–H groups in total. The first kappa shape index (κ1) is 14.2. The summed E-state index contributed by atoms with van der Waals surface area (Å²) in [6.07, 6.45) is 2.85. The van der Waals surface area contributed by atoms with Crippen molar-refractivity contribution in [2.75, 3.05) is 0 Å². The molecular formula is C10H13MoN. The molecule has 2 heteroatoms. The van der Waals surface area contributed by atoms with Crippen molar-refractivity contribution in [3.63, 3.8) is 0 Å². The van der Waals surface area contributed by atoms with Gasteiger partial charge in [0.05, 0.1) is 0 Å². The van der Waals surface area contributed by atoms with E-state index in [4.69, 9.17) is 0 Å². The Labute approximate surface area is 88.7 Å². The molecule has 12 heavy (non-hydrogen) atoms. The third kappa shape index (κ3) is 4.48. The van der Waals surface area contributed by atoms with Crippen molar-refractivity contribution in [3.05, 3.63) is 54.2 Å². The van der Waals surface area contributed by atoms with Gasteiger partial charge in [-0.3, -0.25) is 0 Å². The van der Waals surface area contributed by atoms with E-state index in [1.54, 1.807) is 0 Å². The summed E-state index contributed by atoms with van der Waals surface area (Å²) >= 11 is 0. The number of aryl methyl sites for hydroxylation is 1. The molecule has 1 aromatic carbocycles. The van der Waals surface area contributed by atoms with Crippen molar-refractivity contribution < 1.29 is 21.1 Å². The SMILES string of the molecule is C=CCc1c[c-]cc(C)c1.[Mo+2].[NH2-]. The molecule has 0 saturated carbocycles. The number of rotatable bonds is 2. The predicted molar refractivity (Wildman–Crippen MR) is 49.2 cm³/mol. The fraction of sp³-hybridized carbons (Fsp3) is 0.200. The maximum atomic E-state index is 3.67. The molecule has 0 radical (unpaired) electrons. The molecule has 1 aromatic rings. The molecule has 0 unspecified atom stereocenters. The second-order valence-corrected chi connectivity index (χ2v) is 2.41. The summed E-state index contributed by atoms with van der Waals surface area (Å²) in [5, 5.41) is 0. The van der Waals surface area contributed by atoms with Crippen molar-refractivity contribution in [2.24, 2.45) is 0 Å². The van der Waals surface area contributed by atoms with Crippen LogP contribution in [0.2, 0.25) is 0 Å². The van der Waals surface area contributed by atoms with E-state index in [0.717, 1.165) is 6.42 Å². The molecule has 0 atom stereocenters. The summed E-state index contributed by atoms with van der Waals surface area (Å²) in [7, 11) is 0. The fourth-order valence-corrected chi connectivity index (χ4v) is 0.940. The second-order valence-electron chi connectivity index (χ2n) is 2.41. The van der Waals surface area contributed by atoms with Gasteiger partial charge in [0.25, 0.3) is 0 Å². The average Bonchev–Trinajstić information content (AvgIpc) is 1.88. The predicted octanol–water partition coefficient (Wildman–Crippen LogP) is 3.24. The quantitative estimate of drug-likeness (QED) is 0.434. The molecule has 0 heterocycles. The van der Waals surface area contributed by atoms with Crippen molar-refractivity contribution in [1.82, 2.24) is 0 Å². The standard InChI is InChI=1S/C10H11.Mo.H2N/c1-3-5-10-7-4-6-9(2)8-10;;/h3,6-8H,1,5H2,2H3;;1H2/q-1;+2;-1. The van der Waals surface area contributed by atoms with Gasteiger partial charge < -0.3 is 6.15 Å². The van der Waals surface area contributed by atoms with E-state index in [0.29, 0.717) is 0 Å². The van der Waals surface area contributed by atoms with Gasteiger partial charge in [-0.15, -0.1) is 6.58 Å². The smallest absolute Gasteiger partial charge is 0.693 e. The van der Waals surface area contributed by atoms with Crippen LogP contribution in [0.4, 0.5) is 0 Å². The van der Waals surface area contributed by atoms with Crippen molar-refractivity contribution in [1.29, 1.82) is 0 Å². The molecule has 0 saturated heterocycles. The Morgan fingerprint density at radius 1 is 1.50 bits per heavy atom. The van der Waals surface area contributed by atoms with E-state index < -0.39 is 0 Å². The Balaban J connectivity index is 0. The zero-order chi connectivity index (χ0) is 7.40. The maximum Gasteiger partial charge on any atom is 2.00 e. The summed E-state index contributed by atoms with van der Waals surface area (Å²) in [5.74, 6) is 0. The molecule has 0 aliphatic carbocycles. The first-order chi connectivity index (χ1) is 4.83. The van der Waals surface area contributed by atoms with Gasteiger partial charge in [0.15, 0.2) is 0 Å². The van der Waals surface area contributed by atoms with Crippen LogP contribution in [0.15, 0.2) is 30.9 Å². The van der Waals surface area contributed by atoms with Crippen LogP contribution in [0.5, 0.6) is 0 Å². The van der Waals surface area contributed by atoms with Gasteiger partial charge in [-0.25, -0.2) is 0 Å². The van der Waals surface area contributed by atoms with E-state index >= 15 is 0 Å². The zero-order valence-corrected chi connectivity index (χ0v) is 9.22. The van der Waals surface area contributed by atoms with Gasteiger partial charge in [0, 0.05) is 0 Å². The number of nitrogens with two attached hydrogens (primary N) is 1. The molecule has 1 nitrogen and oxygen atoms in total. The Hall–Kier alpha value is -0.392. The summed E-state index contributed by atoms with van der Waals surface area (Å²) in [5.41, 5.74) is 2.55. The minimum atomic E-state index is 0. The minimum absolute atomic E-state index is 0. The van der Waals surface area contributed by atoms with Crippen LogP contribution in [0, 0.1) is 13.0 Å². The molecule has 64 valence electrons.